The predicted octanol–water partition coefficient (Wildman–Crippen LogP) is 1.63. The molecule has 0 saturated heterocycles. The highest BCUT2D eigenvalue weighted by molar-refractivity contribution is 5.24. The molecule has 0 heterocycles. The van der Waals surface area contributed by atoms with Gasteiger partial charge in [-0.1, -0.05) is 24.3 Å². The fourth-order valence-corrected chi connectivity index (χ4v) is 1.31. The Balaban J connectivity index is 2.68. The SMILES string of the molecule is CC(O)c1cccc(CCCN)c1. The van der Waals surface area contributed by atoms with Crippen LogP contribution >= 0.6 is 0 Å². The van der Waals surface area contributed by atoms with Crippen molar-refractivity contribution in [1.82, 2.24) is 0 Å². The number of rotatable bonds is 4. The summed E-state index contributed by atoms with van der Waals surface area (Å²) in [5, 5.41) is 9.35. The largest absolute Gasteiger partial charge is 0.389 e. The van der Waals surface area contributed by atoms with Gasteiger partial charge in [0.15, 0.2) is 0 Å². The first-order valence-corrected chi connectivity index (χ1v) is 4.71. The fourth-order valence-electron chi connectivity index (χ4n) is 1.31. The van der Waals surface area contributed by atoms with Crippen molar-refractivity contribution in [3.63, 3.8) is 0 Å². The van der Waals surface area contributed by atoms with E-state index in [0.29, 0.717) is 0 Å². The minimum atomic E-state index is -0.377. The van der Waals surface area contributed by atoms with Crippen LogP contribution in [-0.4, -0.2) is 11.7 Å². The van der Waals surface area contributed by atoms with Gasteiger partial charge in [-0.05, 0) is 37.4 Å². The van der Waals surface area contributed by atoms with E-state index in [-0.39, 0.29) is 6.10 Å². The Morgan fingerprint density at radius 1 is 1.46 bits per heavy atom. The first kappa shape index (κ1) is 10.2. The van der Waals surface area contributed by atoms with E-state index in [4.69, 9.17) is 5.73 Å². The topological polar surface area (TPSA) is 46.2 Å². The maximum atomic E-state index is 9.35. The molecular weight excluding hydrogens is 162 g/mol. The Morgan fingerprint density at radius 3 is 2.85 bits per heavy atom. The van der Waals surface area contributed by atoms with Crippen molar-refractivity contribution < 1.29 is 5.11 Å². The van der Waals surface area contributed by atoms with Gasteiger partial charge in [-0.2, -0.15) is 0 Å². The summed E-state index contributed by atoms with van der Waals surface area (Å²) in [5.74, 6) is 0. The molecule has 0 aromatic heterocycles. The predicted molar refractivity (Wildman–Crippen MR) is 54.5 cm³/mol. The summed E-state index contributed by atoms with van der Waals surface area (Å²) in [6.07, 6.45) is 1.62. The molecule has 1 atom stereocenters. The molecule has 1 unspecified atom stereocenters. The Kier molecular flexibility index (Phi) is 3.93. The second kappa shape index (κ2) is 5.00. The summed E-state index contributed by atoms with van der Waals surface area (Å²) >= 11 is 0. The van der Waals surface area contributed by atoms with Crippen molar-refractivity contribution in [1.29, 1.82) is 0 Å². The summed E-state index contributed by atoms with van der Waals surface area (Å²) < 4.78 is 0. The molecule has 13 heavy (non-hydrogen) atoms. The van der Waals surface area contributed by atoms with Gasteiger partial charge < -0.3 is 10.8 Å². The van der Waals surface area contributed by atoms with Crippen LogP contribution in [0.4, 0.5) is 0 Å². The van der Waals surface area contributed by atoms with E-state index in [1.165, 1.54) is 5.56 Å². The van der Waals surface area contributed by atoms with Gasteiger partial charge in [0, 0.05) is 0 Å². The molecule has 72 valence electrons. The quantitative estimate of drug-likeness (QED) is 0.738. The van der Waals surface area contributed by atoms with Crippen LogP contribution in [0.15, 0.2) is 24.3 Å². The van der Waals surface area contributed by atoms with Crippen LogP contribution < -0.4 is 5.73 Å². The van der Waals surface area contributed by atoms with Gasteiger partial charge in [0.1, 0.15) is 0 Å². The van der Waals surface area contributed by atoms with Crippen molar-refractivity contribution in [3.8, 4) is 0 Å². The molecule has 0 aliphatic heterocycles. The molecule has 1 aromatic rings. The lowest BCUT2D eigenvalue weighted by Crippen LogP contribution is -2.01. The second-order valence-corrected chi connectivity index (χ2v) is 3.31. The third kappa shape index (κ3) is 3.17. The lowest BCUT2D eigenvalue weighted by molar-refractivity contribution is 0.199. The smallest absolute Gasteiger partial charge is 0.0762 e. The molecule has 1 aromatic carbocycles. The summed E-state index contributed by atoms with van der Waals surface area (Å²) in [7, 11) is 0. The van der Waals surface area contributed by atoms with Gasteiger partial charge in [-0.3, -0.25) is 0 Å². The average molecular weight is 179 g/mol. The number of aliphatic hydroxyl groups excluding tert-OH is 1. The summed E-state index contributed by atoms with van der Waals surface area (Å²) in [6.45, 7) is 2.50. The third-order valence-electron chi connectivity index (χ3n) is 2.10. The van der Waals surface area contributed by atoms with Gasteiger partial charge in [-0.15, -0.1) is 0 Å². The standard InChI is InChI=1S/C11H17NO/c1-9(13)11-6-2-4-10(8-11)5-3-7-12/h2,4,6,8-9,13H,3,5,7,12H2,1H3. The average Bonchev–Trinajstić information content (AvgIpc) is 2.15. The van der Waals surface area contributed by atoms with E-state index < -0.39 is 0 Å². The van der Waals surface area contributed by atoms with Crippen molar-refractivity contribution in [2.45, 2.75) is 25.9 Å². The lowest BCUT2D eigenvalue weighted by atomic mass is 10.0. The number of benzene rings is 1. The van der Waals surface area contributed by atoms with Crippen molar-refractivity contribution in [3.05, 3.63) is 35.4 Å². The zero-order valence-corrected chi connectivity index (χ0v) is 8.03. The van der Waals surface area contributed by atoms with E-state index in [1.807, 2.05) is 18.2 Å². The number of hydrogen-bond acceptors (Lipinski definition) is 2. The minimum Gasteiger partial charge on any atom is -0.389 e. The van der Waals surface area contributed by atoms with Gasteiger partial charge >= 0.3 is 0 Å². The lowest BCUT2D eigenvalue weighted by Gasteiger charge is -2.06. The molecule has 0 bridgehead atoms. The van der Waals surface area contributed by atoms with Crippen LogP contribution in [-0.2, 0) is 6.42 Å². The van der Waals surface area contributed by atoms with E-state index in [9.17, 15) is 5.11 Å². The minimum absolute atomic E-state index is 0.377. The number of hydrogen-bond donors (Lipinski definition) is 2. The second-order valence-electron chi connectivity index (χ2n) is 3.31. The number of aryl methyl sites for hydroxylation is 1. The molecule has 3 N–H and O–H groups in total. The number of aliphatic hydroxyl groups is 1. The van der Waals surface area contributed by atoms with Gasteiger partial charge in [0.25, 0.3) is 0 Å². The molecule has 0 aliphatic carbocycles. The highest BCUT2D eigenvalue weighted by atomic mass is 16.3. The zero-order valence-electron chi connectivity index (χ0n) is 8.03. The summed E-state index contributed by atoms with van der Waals surface area (Å²) in [6, 6.07) is 8.03. The molecule has 2 nitrogen and oxygen atoms in total. The zero-order chi connectivity index (χ0) is 9.68. The van der Waals surface area contributed by atoms with Crippen LogP contribution in [0.3, 0.4) is 0 Å². The molecule has 0 spiro atoms. The normalized spacial score (nSPS) is 12.8. The summed E-state index contributed by atoms with van der Waals surface area (Å²) in [4.78, 5) is 0. The van der Waals surface area contributed by atoms with Gasteiger partial charge in [0.2, 0.25) is 0 Å². The van der Waals surface area contributed by atoms with Crippen LogP contribution in [0.5, 0.6) is 0 Å². The molecular formula is C11H17NO. The van der Waals surface area contributed by atoms with E-state index in [1.54, 1.807) is 6.92 Å². The first-order valence-electron chi connectivity index (χ1n) is 4.71. The van der Waals surface area contributed by atoms with Crippen LogP contribution in [0.1, 0.15) is 30.6 Å². The van der Waals surface area contributed by atoms with Crippen molar-refractivity contribution in [2.24, 2.45) is 5.73 Å². The monoisotopic (exact) mass is 179 g/mol. The molecule has 0 aliphatic rings. The van der Waals surface area contributed by atoms with Crippen molar-refractivity contribution >= 4 is 0 Å². The molecule has 1 rings (SSSR count). The maximum absolute atomic E-state index is 9.35. The van der Waals surface area contributed by atoms with E-state index in [0.717, 1.165) is 24.9 Å². The van der Waals surface area contributed by atoms with Gasteiger partial charge in [0.05, 0.1) is 6.10 Å². The van der Waals surface area contributed by atoms with E-state index >= 15 is 0 Å². The Morgan fingerprint density at radius 2 is 2.23 bits per heavy atom. The van der Waals surface area contributed by atoms with E-state index in [2.05, 4.69) is 6.07 Å². The highest BCUT2D eigenvalue weighted by Gasteiger charge is 2.00. The van der Waals surface area contributed by atoms with Gasteiger partial charge in [-0.25, -0.2) is 0 Å². The maximum Gasteiger partial charge on any atom is 0.0762 e. The van der Waals surface area contributed by atoms with Crippen LogP contribution in [0.2, 0.25) is 0 Å². The molecule has 0 fully saturated rings. The van der Waals surface area contributed by atoms with Crippen molar-refractivity contribution in [2.75, 3.05) is 6.54 Å². The Hall–Kier alpha value is -0.860. The molecule has 2 heteroatoms. The molecule has 0 amide bonds. The molecule has 0 radical (unpaired) electrons. The third-order valence-corrected chi connectivity index (χ3v) is 2.10. The summed E-state index contributed by atoms with van der Waals surface area (Å²) in [5.41, 5.74) is 7.66. The van der Waals surface area contributed by atoms with Crippen LogP contribution in [0, 0.1) is 0 Å². The number of nitrogens with two attached hydrogens (primary N) is 1. The van der Waals surface area contributed by atoms with Crippen LogP contribution in [0.25, 0.3) is 0 Å². The Bertz CT molecular complexity index is 258. The molecule has 0 saturated carbocycles. The first-order chi connectivity index (χ1) is 6.24. The highest BCUT2D eigenvalue weighted by Crippen LogP contribution is 2.14. The Labute approximate surface area is 79.4 Å². The fraction of sp³-hybridized carbons (Fsp3) is 0.455.